The van der Waals surface area contributed by atoms with E-state index in [0.29, 0.717) is 12.2 Å². The number of primary amides is 1. The number of nitrogens with one attached hydrogen (secondary N) is 1. The Hall–Kier alpha value is -1.49. The Kier molecular flexibility index (Phi) is 9.39. The van der Waals surface area contributed by atoms with E-state index in [-0.39, 0.29) is 5.91 Å². The second-order valence-electron chi connectivity index (χ2n) is 5.33. The summed E-state index contributed by atoms with van der Waals surface area (Å²) in [6.07, 6.45) is 6.18. The van der Waals surface area contributed by atoms with Gasteiger partial charge in [0.15, 0.2) is 0 Å². The van der Waals surface area contributed by atoms with Crippen LogP contribution in [0.2, 0.25) is 0 Å². The minimum Gasteiger partial charge on any atom is -0.368 e. The summed E-state index contributed by atoms with van der Waals surface area (Å²) in [5.41, 5.74) is 5.37. The van der Waals surface area contributed by atoms with Crippen LogP contribution in [0, 0.1) is 0 Å². The molecule has 0 saturated heterocycles. The summed E-state index contributed by atoms with van der Waals surface area (Å²) in [5, 5.41) is 2.74. The Balaban J connectivity index is 2.29. The second kappa shape index (κ2) is 11.1. The fourth-order valence-corrected chi connectivity index (χ4v) is 2.87. The first kappa shape index (κ1) is 18.6. The highest BCUT2D eigenvalue weighted by atomic mass is 32.2. The fraction of sp³-hybridized carbons (Fsp3) is 0.529. The standard InChI is InChI=1S/C17H26N2O2S/c1-2-3-4-5-9-12-15(17(18)21)19-16(20)13-22-14-10-7-6-8-11-14/h6-8,10-11,15H,2-5,9,12-13H2,1H3,(H2,18,21)(H,19,20). The van der Waals surface area contributed by atoms with Crippen LogP contribution in [0.1, 0.15) is 45.4 Å². The summed E-state index contributed by atoms with van der Waals surface area (Å²) in [5.74, 6) is -0.302. The summed E-state index contributed by atoms with van der Waals surface area (Å²) in [6, 6.07) is 9.16. The van der Waals surface area contributed by atoms with Crippen LogP contribution in [0.15, 0.2) is 35.2 Å². The number of amides is 2. The van der Waals surface area contributed by atoms with E-state index in [9.17, 15) is 9.59 Å². The van der Waals surface area contributed by atoms with Gasteiger partial charge in [-0.25, -0.2) is 0 Å². The molecule has 0 aromatic heterocycles. The van der Waals surface area contributed by atoms with Gasteiger partial charge in [-0.1, -0.05) is 57.2 Å². The molecule has 1 unspecified atom stereocenters. The van der Waals surface area contributed by atoms with Crippen LogP contribution >= 0.6 is 11.8 Å². The summed E-state index contributed by atoms with van der Waals surface area (Å²) >= 11 is 1.45. The van der Waals surface area contributed by atoms with Gasteiger partial charge in [0.25, 0.3) is 0 Å². The molecular weight excluding hydrogens is 296 g/mol. The largest absolute Gasteiger partial charge is 0.368 e. The molecule has 0 saturated carbocycles. The normalized spacial score (nSPS) is 11.9. The average Bonchev–Trinajstić information content (AvgIpc) is 2.52. The molecule has 1 atom stereocenters. The van der Waals surface area contributed by atoms with Crippen molar-refractivity contribution in [2.75, 3.05) is 5.75 Å². The van der Waals surface area contributed by atoms with Gasteiger partial charge in [-0.2, -0.15) is 0 Å². The lowest BCUT2D eigenvalue weighted by Gasteiger charge is -2.15. The third-order valence-corrected chi connectivity index (χ3v) is 4.40. The van der Waals surface area contributed by atoms with Crippen molar-refractivity contribution in [1.82, 2.24) is 5.32 Å². The first-order valence-corrected chi connectivity index (χ1v) is 8.88. The zero-order valence-corrected chi connectivity index (χ0v) is 14.0. The Morgan fingerprint density at radius 3 is 2.45 bits per heavy atom. The molecule has 0 bridgehead atoms. The number of carbonyl (C=O) groups excluding carboxylic acids is 2. The summed E-state index contributed by atoms with van der Waals surface area (Å²) in [4.78, 5) is 24.4. The number of nitrogens with two attached hydrogens (primary N) is 1. The van der Waals surface area contributed by atoms with E-state index in [4.69, 9.17) is 5.73 Å². The number of unbranched alkanes of at least 4 members (excludes halogenated alkanes) is 4. The monoisotopic (exact) mass is 322 g/mol. The molecule has 0 spiro atoms. The van der Waals surface area contributed by atoms with E-state index >= 15 is 0 Å². The number of hydrogen-bond acceptors (Lipinski definition) is 3. The Morgan fingerprint density at radius 2 is 1.82 bits per heavy atom. The number of carbonyl (C=O) groups is 2. The first-order valence-electron chi connectivity index (χ1n) is 7.90. The van der Waals surface area contributed by atoms with Crippen LogP contribution in [-0.4, -0.2) is 23.6 Å². The van der Waals surface area contributed by atoms with Gasteiger partial charge in [0.2, 0.25) is 11.8 Å². The molecular formula is C17H26N2O2S. The molecule has 4 nitrogen and oxygen atoms in total. The van der Waals surface area contributed by atoms with Crippen molar-refractivity contribution < 1.29 is 9.59 Å². The van der Waals surface area contributed by atoms with Gasteiger partial charge in [-0.3, -0.25) is 9.59 Å². The smallest absolute Gasteiger partial charge is 0.239 e. The first-order chi connectivity index (χ1) is 10.6. The van der Waals surface area contributed by atoms with Gasteiger partial charge < -0.3 is 11.1 Å². The van der Waals surface area contributed by atoms with E-state index in [1.54, 1.807) is 0 Å². The highest BCUT2D eigenvalue weighted by Gasteiger charge is 2.17. The van der Waals surface area contributed by atoms with E-state index in [1.165, 1.54) is 31.0 Å². The van der Waals surface area contributed by atoms with Gasteiger partial charge in [-0.05, 0) is 18.6 Å². The van der Waals surface area contributed by atoms with Crippen LogP contribution < -0.4 is 11.1 Å². The molecule has 122 valence electrons. The molecule has 1 aromatic carbocycles. The van der Waals surface area contributed by atoms with Crippen LogP contribution in [0.3, 0.4) is 0 Å². The van der Waals surface area contributed by atoms with Crippen LogP contribution in [0.25, 0.3) is 0 Å². The topological polar surface area (TPSA) is 72.2 Å². The molecule has 3 N–H and O–H groups in total. The van der Waals surface area contributed by atoms with Crippen molar-refractivity contribution in [2.24, 2.45) is 5.73 Å². The summed E-state index contributed by atoms with van der Waals surface area (Å²) in [6.45, 7) is 2.16. The molecule has 0 fully saturated rings. The summed E-state index contributed by atoms with van der Waals surface area (Å²) in [7, 11) is 0. The Labute approximate surface area is 137 Å². The molecule has 0 aliphatic rings. The van der Waals surface area contributed by atoms with Gasteiger partial charge in [-0.15, -0.1) is 11.8 Å². The third-order valence-electron chi connectivity index (χ3n) is 3.39. The van der Waals surface area contributed by atoms with Crippen molar-refractivity contribution >= 4 is 23.6 Å². The molecule has 0 aliphatic carbocycles. The Morgan fingerprint density at radius 1 is 1.14 bits per heavy atom. The predicted molar refractivity (Wildman–Crippen MR) is 91.7 cm³/mol. The zero-order valence-electron chi connectivity index (χ0n) is 13.2. The van der Waals surface area contributed by atoms with E-state index < -0.39 is 11.9 Å². The molecule has 1 aromatic rings. The molecule has 5 heteroatoms. The quantitative estimate of drug-likeness (QED) is 0.486. The van der Waals surface area contributed by atoms with Crippen molar-refractivity contribution in [2.45, 2.75) is 56.4 Å². The second-order valence-corrected chi connectivity index (χ2v) is 6.38. The highest BCUT2D eigenvalue weighted by Crippen LogP contribution is 2.16. The average molecular weight is 322 g/mol. The van der Waals surface area contributed by atoms with Gasteiger partial charge in [0, 0.05) is 4.90 Å². The van der Waals surface area contributed by atoms with Crippen LogP contribution in [-0.2, 0) is 9.59 Å². The number of thioether (sulfide) groups is 1. The minimum absolute atomic E-state index is 0.147. The molecule has 0 heterocycles. The lowest BCUT2D eigenvalue weighted by molar-refractivity contribution is -0.126. The maximum absolute atomic E-state index is 11.9. The van der Waals surface area contributed by atoms with Gasteiger partial charge in [0.05, 0.1) is 5.75 Å². The number of rotatable bonds is 11. The zero-order chi connectivity index (χ0) is 16.2. The Bertz CT molecular complexity index is 451. The number of hydrogen-bond donors (Lipinski definition) is 2. The van der Waals surface area contributed by atoms with Crippen molar-refractivity contribution in [1.29, 1.82) is 0 Å². The molecule has 2 amide bonds. The lowest BCUT2D eigenvalue weighted by atomic mass is 10.1. The van der Waals surface area contributed by atoms with Gasteiger partial charge >= 0.3 is 0 Å². The highest BCUT2D eigenvalue weighted by molar-refractivity contribution is 8.00. The maximum atomic E-state index is 11.9. The molecule has 1 rings (SSSR count). The van der Waals surface area contributed by atoms with Gasteiger partial charge in [0.1, 0.15) is 6.04 Å². The van der Waals surface area contributed by atoms with E-state index in [1.807, 2.05) is 30.3 Å². The third kappa shape index (κ3) is 8.08. The predicted octanol–water partition coefficient (Wildman–Crippen LogP) is 3.11. The van der Waals surface area contributed by atoms with Crippen molar-refractivity contribution in [3.63, 3.8) is 0 Å². The lowest BCUT2D eigenvalue weighted by Crippen LogP contribution is -2.45. The SMILES string of the molecule is CCCCCCCC(NC(=O)CSc1ccccc1)C(N)=O. The summed E-state index contributed by atoms with van der Waals surface area (Å²) < 4.78 is 0. The van der Waals surface area contributed by atoms with E-state index in [0.717, 1.165) is 17.7 Å². The van der Waals surface area contributed by atoms with Crippen LogP contribution in [0.5, 0.6) is 0 Å². The van der Waals surface area contributed by atoms with Crippen molar-refractivity contribution in [3.05, 3.63) is 30.3 Å². The fourth-order valence-electron chi connectivity index (χ4n) is 2.14. The minimum atomic E-state index is -0.550. The van der Waals surface area contributed by atoms with E-state index in [2.05, 4.69) is 12.2 Å². The molecule has 22 heavy (non-hydrogen) atoms. The number of benzene rings is 1. The molecule has 0 radical (unpaired) electrons. The maximum Gasteiger partial charge on any atom is 0.239 e. The van der Waals surface area contributed by atoms with Crippen LogP contribution in [0.4, 0.5) is 0 Å². The van der Waals surface area contributed by atoms with Crippen molar-refractivity contribution in [3.8, 4) is 0 Å². The molecule has 0 aliphatic heterocycles.